The summed E-state index contributed by atoms with van der Waals surface area (Å²) < 4.78 is 81.2. The Kier molecular flexibility index (Phi) is 8.64. The molecule has 14 heteroatoms. The maximum atomic E-state index is 13.7. The van der Waals surface area contributed by atoms with Crippen molar-refractivity contribution in [3.05, 3.63) is 69.5 Å². The van der Waals surface area contributed by atoms with E-state index >= 15 is 0 Å². The number of aliphatic hydroxyl groups excluding tert-OH is 1. The zero-order valence-electron chi connectivity index (χ0n) is 24.4. The van der Waals surface area contributed by atoms with Gasteiger partial charge in [0.25, 0.3) is 11.8 Å². The molecule has 0 bridgehead atoms. The van der Waals surface area contributed by atoms with Crippen molar-refractivity contribution < 1.29 is 40.7 Å². The van der Waals surface area contributed by atoms with E-state index < -0.39 is 45.1 Å². The second-order valence-electron chi connectivity index (χ2n) is 11.7. The number of hydrogen-bond acceptors (Lipinski definition) is 6. The van der Waals surface area contributed by atoms with Gasteiger partial charge in [0.05, 0.1) is 17.4 Å². The van der Waals surface area contributed by atoms with Gasteiger partial charge in [-0.3, -0.25) is 14.6 Å². The first-order chi connectivity index (χ1) is 20.6. The predicted molar refractivity (Wildman–Crippen MR) is 154 cm³/mol. The number of carbonyl (C=O) groups is 2. The number of nitrogens with zero attached hydrogens (tertiary/aromatic N) is 3. The van der Waals surface area contributed by atoms with E-state index in [1.165, 1.54) is 4.31 Å². The number of rotatable bonds is 6. The molecule has 2 aromatic rings. The topological polar surface area (TPSA) is 119 Å². The molecule has 0 unspecified atom stereocenters. The summed E-state index contributed by atoms with van der Waals surface area (Å²) in [5, 5.41) is 12.2. The molecular weight excluding hydrogens is 604 g/mol. The molecule has 0 saturated carbocycles. The van der Waals surface area contributed by atoms with E-state index in [1.807, 2.05) is 13.8 Å². The summed E-state index contributed by atoms with van der Waals surface area (Å²) in [6, 6.07) is 5.90. The number of piperidine rings is 2. The Morgan fingerprint density at radius 1 is 1.07 bits per heavy atom. The lowest BCUT2D eigenvalue weighted by molar-refractivity contribution is -0.140. The van der Waals surface area contributed by atoms with E-state index in [-0.39, 0.29) is 55.4 Å². The molecule has 238 valence electrons. The number of aliphatic hydroxyl groups is 1. The van der Waals surface area contributed by atoms with Crippen molar-refractivity contribution in [2.24, 2.45) is 4.99 Å². The number of nitrogens with one attached hydrogen (secondary N) is 1. The standard InChI is InChI=1S/C30H34F4N4O5S/c1-18-15-21(27(40)37-10-5-22(39)6-11-37)16-19(2)23(18)7-14-44(42,43)38-12-8-29(9-13-38)28(41)35-26(36-29)20-3-4-25(31)24(17-20)30(32,33)34/h3-4,15-17,22,39H,5-14H2,1-2H3,(H,35,36,41). The Balaban J connectivity index is 1.23. The molecule has 2 aromatic carbocycles. The van der Waals surface area contributed by atoms with Crippen molar-refractivity contribution >= 4 is 27.7 Å². The monoisotopic (exact) mass is 638 g/mol. The van der Waals surface area contributed by atoms with Gasteiger partial charge < -0.3 is 15.3 Å². The van der Waals surface area contributed by atoms with Gasteiger partial charge in [-0.05, 0) is 93.0 Å². The fourth-order valence-corrected chi connectivity index (χ4v) is 7.60. The van der Waals surface area contributed by atoms with Crippen LogP contribution >= 0.6 is 0 Å². The number of alkyl halides is 3. The van der Waals surface area contributed by atoms with Gasteiger partial charge in [-0.15, -0.1) is 0 Å². The first kappa shape index (κ1) is 32.0. The third kappa shape index (κ3) is 6.38. The molecule has 5 rings (SSSR count). The summed E-state index contributed by atoms with van der Waals surface area (Å²) in [6.45, 7) is 4.63. The zero-order chi connectivity index (χ0) is 32.0. The van der Waals surface area contributed by atoms with E-state index in [4.69, 9.17) is 0 Å². The highest BCUT2D eigenvalue weighted by atomic mass is 32.2. The van der Waals surface area contributed by atoms with Gasteiger partial charge in [0.1, 0.15) is 17.2 Å². The zero-order valence-corrected chi connectivity index (χ0v) is 25.2. The number of hydrogen-bond donors (Lipinski definition) is 2. The van der Waals surface area contributed by atoms with Crippen LogP contribution in [0.25, 0.3) is 0 Å². The van der Waals surface area contributed by atoms with Crippen LogP contribution in [0.4, 0.5) is 17.6 Å². The number of halogens is 4. The Hall–Kier alpha value is -3.36. The minimum atomic E-state index is -4.92. The molecule has 3 heterocycles. The molecule has 0 aliphatic carbocycles. The maximum absolute atomic E-state index is 13.7. The van der Waals surface area contributed by atoms with Gasteiger partial charge in [0.2, 0.25) is 10.0 Å². The highest BCUT2D eigenvalue weighted by Gasteiger charge is 2.48. The molecule has 2 saturated heterocycles. The number of aryl methyl sites for hydroxylation is 2. The fourth-order valence-electron chi connectivity index (χ4n) is 6.14. The molecule has 0 atom stereocenters. The lowest BCUT2D eigenvalue weighted by Gasteiger charge is -2.34. The minimum absolute atomic E-state index is 0.000309. The van der Waals surface area contributed by atoms with Gasteiger partial charge in [0, 0.05) is 37.3 Å². The maximum Gasteiger partial charge on any atom is 0.419 e. The van der Waals surface area contributed by atoms with Gasteiger partial charge in [0.15, 0.2) is 0 Å². The Bertz CT molecular complexity index is 1590. The molecule has 2 N–H and O–H groups in total. The molecular formula is C30H34F4N4O5S. The second-order valence-corrected chi connectivity index (χ2v) is 13.8. The highest BCUT2D eigenvalue weighted by molar-refractivity contribution is 7.89. The number of sulfonamides is 1. The van der Waals surface area contributed by atoms with E-state index in [0.29, 0.717) is 43.6 Å². The van der Waals surface area contributed by atoms with Crippen LogP contribution in [0.3, 0.4) is 0 Å². The molecule has 0 aromatic heterocycles. The predicted octanol–water partition coefficient (Wildman–Crippen LogP) is 3.34. The van der Waals surface area contributed by atoms with Crippen molar-refractivity contribution in [3.63, 3.8) is 0 Å². The summed E-state index contributed by atoms with van der Waals surface area (Å²) in [4.78, 5) is 32.0. The summed E-state index contributed by atoms with van der Waals surface area (Å²) in [5.74, 6) is -2.39. The van der Waals surface area contributed by atoms with Crippen LogP contribution in [0.2, 0.25) is 0 Å². The molecule has 44 heavy (non-hydrogen) atoms. The number of amidine groups is 1. The Labute approximate surface area is 253 Å². The van der Waals surface area contributed by atoms with E-state index in [2.05, 4.69) is 10.3 Å². The molecule has 2 amide bonds. The van der Waals surface area contributed by atoms with Crippen LogP contribution in [0.1, 0.15) is 63.9 Å². The lowest BCUT2D eigenvalue weighted by atomic mass is 9.89. The summed E-state index contributed by atoms with van der Waals surface area (Å²) in [5.41, 5.74) is 0.0737. The first-order valence-electron chi connectivity index (χ1n) is 14.4. The van der Waals surface area contributed by atoms with E-state index in [1.54, 1.807) is 17.0 Å². The average molecular weight is 639 g/mol. The summed E-state index contributed by atoms with van der Waals surface area (Å²) >= 11 is 0. The summed E-state index contributed by atoms with van der Waals surface area (Å²) in [6.07, 6.45) is -3.95. The fraction of sp³-hybridized carbons (Fsp3) is 0.500. The van der Waals surface area contributed by atoms with Crippen molar-refractivity contribution in [1.82, 2.24) is 14.5 Å². The van der Waals surface area contributed by atoms with Crippen LogP contribution in [0.15, 0.2) is 35.3 Å². The molecule has 3 aliphatic heterocycles. The second kappa shape index (κ2) is 11.9. The number of benzene rings is 2. The van der Waals surface area contributed by atoms with Crippen LogP contribution in [0.5, 0.6) is 0 Å². The smallest absolute Gasteiger partial charge is 0.393 e. The Morgan fingerprint density at radius 3 is 2.27 bits per heavy atom. The molecule has 0 radical (unpaired) electrons. The van der Waals surface area contributed by atoms with Gasteiger partial charge in [-0.25, -0.2) is 17.1 Å². The number of aliphatic imine (C=N–C) groups is 1. The molecule has 9 nitrogen and oxygen atoms in total. The number of amides is 2. The van der Waals surface area contributed by atoms with Crippen molar-refractivity contribution in [2.45, 2.75) is 63.8 Å². The number of carbonyl (C=O) groups excluding carboxylic acids is 2. The van der Waals surface area contributed by atoms with Crippen molar-refractivity contribution in [1.29, 1.82) is 0 Å². The minimum Gasteiger partial charge on any atom is -0.393 e. The summed E-state index contributed by atoms with van der Waals surface area (Å²) in [7, 11) is -3.73. The third-order valence-corrected chi connectivity index (χ3v) is 10.6. The van der Waals surface area contributed by atoms with E-state index in [0.717, 1.165) is 22.8 Å². The molecule has 2 fully saturated rings. The molecule has 3 aliphatic rings. The first-order valence-corrected chi connectivity index (χ1v) is 16.0. The van der Waals surface area contributed by atoms with Crippen LogP contribution < -0.4 is 5.32 Å². The van der Waals surface area contributed by atoms with Crippen molar-refractivity contribution in [3.8, 4) is 0 Å². The molecule has 1 spiro atoms. The Morgan fingerprint density at radius 2 is 1.68 bits per heavy atom. The van der Waals surface area contributed by atoms with Gasteiger partial charge in [-0.2, -0.15) is 13.2 Å². The van der Waals surface area contributed by atoms with Crippen LogP contribution in [-0.2, 0) is 27.4 Å². The van der Waals surface area contributed by atoms with Gasteiger partial charge >= 0.3 is 6.18 Å². The highest BCUT2D eigenvalue weighted by Crippen LogP contribution is 2.35. The average Bonchev–Trinajstić information content (AvgIpc) is 3.27. The largest absolute Gasteiger partial charge is 0.419 e. The van der Waals surface area contributed by atoms with Crippen LogP contribution in [-0.4, -0.2) is 84.0 Å². The SMILES string of the molecule is Cc1cc(C(=O)N2CCC(O)CC2)cc(C)c1CCS(=O)(=O)N1CCC2(CC1)N=C(c1ccc(F)c(C(F)(F)F)c1)NC2=O. The van der Waals surface area contributed by atoms with Gasteiger partial charge in [-0.1, -0.05) is 0 Å². The van der Waals surface area contributed by atoms with Crippen LogP contribution in [0, 0.1) is 19.7 Å². The third-order valence-electron chi connectivity index (χ3n) is 8.77. The van der Waals surface area contributed by atoms with Crippen molar-refractivity contribution in [2.75, 3.05) is 31.9 Å². The number of likely N-dealkylation sites (tertiary alicyclic amines) is 1. The quantitative estimate of drug-likeness (QED) is 0.471. The van der Waals surface area contributed by atoms with E-state index in [9.17, 15) is 40.7 Å². The lowest BCUT2D eigenvalue weighted by Crippen LogP contribution is -2.50. The normalized spacial score (nSPS) is 19.8.